The molecule has 0 saturated carbocycles. The minimum absolute atomic E-state index is 0.223. The molecule has 0 fully saturated rings. The quantitative estimate of drug-likeness (QED) is 0.396. The molecule has 0 aliphatic heterocycles. The van der Waals surface area contributed by atoms with Gasteiger partial charge in [-0.1, -0.05) is 41.0 Å². The lowest BCUT2D eigenvalue weighted by Crippen LogP contribution is -2.30. The Morgan fingerprint density at radius 2 is 1.87 bits per heavy atom. The summed E-state index contributed by atoms with van der Waals surface area (Å²) in [5, 5.41) is 4.54. The summed E-state index contributed by atoms with van der Waals surface area (Å²) < 4.78 is 16.3. The molecule has 0 saturated heterocycles. The molecule has 152 valence electrons. The third kappa shape index (κ3) is 4.23. The third-order valence-electron chi connectivity index (χ3n) is 4.60. The molecule has 0 unspecified atom stereocenters. The van der Waals surface area contributed by atoms with E-state index in [9.17, 15) is 4.79 Å². The lowest BCUT2D eigenvalue weighted by atomic mass is 10.1. The molecule has 0 atom stereocenters. The van der Waals surface area contributed by atoms with Crippen LogP contribution in [0, 0.1) is 0 Å². The second-order valence-electron chi connectivity index (χ2n) is 6.60. The SMILES string of the molecule is COc1ccccc1-c1cc(CN(Cc2ccco2)C(=O)c2ccccc2Cl)no1. The van der Waals surface area contributed by atoms with Gasteiger partial charge in [0.05, 0.1) is 42.6 Å². The summed E-state index contributed by atoms with van der Waals surface area (Å²) in [5.74, 6) is 1.67. The highest BCUT2D eigenvalue weighted by Crippen LogP contribution is 2.30. The van der Waals surface area contributed by atoms with Crippen molar-refractivity contribution >= 4 is 17.5 Å². The van der Waals surface area contributed by atoms with Crippen LogP contribution >= 0.6 is 11.6 Å². The standard InChI is InChI=1S/C23H19ClN2O4/c1-28-21-11-5-3-9-19(21)22-13-16(25-30-22)14-26(15-17-7-6-12-29-17)23(27)18-8-2-4-10-20(18)24/h2-13H,14-15H2,1H3. The van der Waals surface area contributed by atoms with Gasteiger partial charge in [0.15, 0.2) is 5.76 Å². The maximum absolute atomic E-state index is 13.2. The molecule has 2 aromatic carbocycles. The molecule has 0 radical (unpaired) electrons. The zero-order valence-electron chi connectivity index (χ0n) is 16.2. The van der Waals surface area contributed by atoms with Gasteiger partial charge in [0, 0.05) is 6.07 Å². The number of aromatic nitrogens is 1. The molecule has 4 aromatic rings. The van der Waals surface area contributed by atoms with Crippen LogP contribution in [-0.2, 0) is 13.1 Å². The fraction of sp³-hybridized carbons (Fsp3) is 0.130. The van der Waals surface area contributed by atoms with Crippen molar-refractivity contribution in [1.82, 2.24) is 10.1 Å². The Morgan fingerprint density at radius 3 is 2.63 bits per heavy atom. The number of carbonyl (C=O) groups is 1. The van der Waals surface area contributed by atoms with Gasteiger partial charge in [0.1, 0.15) is 17.2 Å². The molecule has 0 N–H and O–H groups in total. The van der Waals surface area contributed by atoms with Crippen LogP contribution in [0.5, 0.6) is 5.75 Å². The van der Waals surface area contributed by atoms with Gasteiger partial charge < -0.3 is 18.6 Å². The van der Waals surface area contributed by atoms with Crippen LogP contribution in [0.4, 0.5) is 0 Å². The van der Waals surface area contributed by atoms with Gasteiger partial charge in [-0.3, -0.25) is 4.79 Å². The molecular weight excluding hydrogens is 404 g/mol. The molecule has 4 rings (SSSR count). The van der Waals surface area contributed by atoms with Crippen molar-refractivity contribution in [1.29, 1.82) is 0 Å². The van der Waals surface area contributed by atoms with E-state index in [4.69, 9.17) is 25.3 Å². The summed E-state index contributed by atoms with van der Waals surface area (Å²) in [4.78, 5) is 14.8. The zero-order chi connectivity index (χ0) is 20.9. The van der Waals surface area contributed by atoms with Crippen molar-refractivity contribution in [2.45, 2.75) is 13.1 Å². The highest BCUT2D eigenvalue weighted by Gasteiger charge is 2.22. The molecule has 7 heteroatoms. The molecule has 30 heavy (non-hydrogen) atoms. The highest BCUT2D eigenvalue weighted by atomic mass is 35.5. The predicted molar refractivity (Wildman–Crippen MR) is 112 cm³/mol. The van der Waals surface area contributed by atoms with Crippen molar-refractivity contribution < 1.29 is 18.5 Å². The summed E-state index contributed by atoms with van der Waals surface area (Å²) in [6, 6.07) is 19.9. The van der Waals surface area contributed by atoms with Crippen LogP contribution < -0.4 is 4.74 Å². The maximum atomic E-state index is 13.2. The first-order chi connectivity index (χ1) is 14.7. The van der Waals surface area contributed by atoms with Gasteiger partial charge in [-0.05, 0) is 36.4 Å². The fourth-order valence-electron chi connectivity index (χ4n) is 3.15. The van der Waals surface area contributed by atoms with E-state index in [-0.39, 0.29) is 19.0 Å². The Bertz CT molecular complexity index is 1140. The van der Waals surface area contributed by atoms with Gasteiger partial charge in [-0.2, -0.15) is 0 Å². The number of amides is 1. The maximum Gasteiger partial charge on any atom is 0.256 e. The number of hydrogen-bond acceptors (Lipinski definition) is 5. The molecule has 0 spiro atoms. The van der Waals surface area contributed by atoms with E-state index in [1.54, 1.807) is 54.7 Å². The van der Waals surface area contributed by atoms with Gasteiger partial charge >= 0.3 is 0 Å². The highest BCUT2D eigenvalue weighted by molar-refractivity contribution is 6.33. The minimum Gasteiger partial charge on any atom is -0.496 e. The summed E-state index contributed by atoms with van der Waals surface area (Å²) in [6.07, 6.45) is 1.57. The van der Waals surface area contributed by atoms with Crippen molar-refractivity contribution in [2.75, 3.05) is 7.11 Å². The number of rotatable bonds is 7. The van der Waals surface area contributed by atoms with Gasteiger partial charge in [0.2, 0.25) is 0 Å². The Balaban J connectivity index is 1.62. The van der Waals surface area contributed by atoms with Crippen molar-refractivity contribution in [3.05, 3.63) is 95.0 Å². The van der Waals surface area contributed by atoms with Crippen LogP contribution in [0.15, 0.2) is 81.9 Å². The van der Waals surface area contributed by atoms with E-state index >= 15 is 0 Å². The average molecular weight is 423 g/mol. The topological polar surface area (TPSA) is 68.7 Å². The van der Waals surface area contributed by atoms with Gasteiger partial charge in [0.25, 0.3) is 5.91 Å². The average Bonchev–Trinajstić information content (AvgIpc) is 3.45. The molecule has 1 amide bonds. The van der Waals surface area contributed by atoms with Crippen LogP contribution in [0.1, 0.15) is 21.8 Å². The first-order valence-electron chi connectivity index (χ1n) is 9.31. The number of furan rings is 1. The smallest absolute Gasteiger partial charge is 0.256 e. The zero-order valence-corrected chi connectivity index (χ0v) is 17.0. The summed E-state index contributed by atoms with van der Waals surface area (Å²) >= 11 is 6.25. The number of ether oxygens (including phenoxy) is 1. The number of hydrogen-bond donors (Lipinski definition) is 0. The Hall–Kier alpha value is -3.51. The van der Waals surface area contributed by atoms with Crippen LogP contribution in [-0.4, -0.2) is 23.1 Å². The van der Waals surface area contributed by atoms with E-state index in [1.807, 2.05) is 30.3 Å². The van der Waals surface area contributed by atoms with E-state index in [2.05, 4.69) is 5.16 Å². The Labute approximate surface area is 178 Å². The number of benzene rings is 2. The number of halogens is 1. The molecule has 0 aliphatic carbocycles. The third-order valence-corrected chi connectivity index (χ3v) is 4.93. The minimum atomic E-state index is -0.223. The first-order valence-corrected chi connectivity index (χ1v) is 9.68. The van der Waals surface area contributed by atoms with Gasteiger partial charge in [-0.25, -0.2) is 0 Å². The van der Waals surface area contributed by atoms with Gasteiger partial charge in [-0.15, -0.1) is 0 Å². The number of nitrogens with zero attached hydrogens (tertiary/aromatic N) is 2. The Morgan fingerprint density at radius 1 is 1.07 bits per heavy atom. The first kappa shape index (κ1) is 19.8. The summed E-state index contributed by atoms with van der Waals surface area (Å²) in [7, 11) is 1.60. The van der Waals surface area contributed by atoms with Crippen molar-refractivity contribution in [3.8, 4) is 17.1 Å². The largest absolute Gasteiger partial charge is 0.496 e. The van der Waals surface area contributed by atoms with E-state index < -0.39 is 0 Å². The normalized spacial score (nSPS) is 10.7. The van der Waals surface area contributed by atoms with Crippen LogP contribution in [0.2, 0.25) is 5.02 Å². The van der Waals surface area contributed by atoms with Crippen LogP contribution in [0.3, 0.4) is 0 Å². The number of methoxy groups -OCH3 is 1. The van der Waals surface area contributed by atoms with E-state index in [0.717, 1.165) is 5.56 Å². The fourth-order valence-corrected chi connectivity index (χ4v) is 3.37. The number of carbonyl (C=O) groups excluding carboxylic acids is 1. The molecule has 2 heterocycles. The van der Waals surface area contributed by atoms with Crippen LogP contribution in [0.25, 0.3) is 11.3 Å². The second-order valence-corrected chi connectivity index (χ2v) is 7.01. The van der Waals surface area contributed by atoms with E-state index in [1.165, 1.54) is 0 Å². The molecule has 2 aromatic heterocycles. The lowest BCUT2D eigenvalue weighted by Gasteiger charge is -2.21. The number of para-hydroxylation sites is 1. The van der Waals surface area contributed by atoms with E-state index in [0.29, 0.717) is 33.6 Å². The summed E-state index contributed by atoms with van der Waals surface area (Å²) in [5.41, 5.74) is 1.80. The molecule has 0 aliphatic rings. The second kappa shape index (κ2) is 8.88. The molecule has 6 nitrogen and oxygen atoms in total. The lowest BCUT2D eigenvalue weighted by molar-refractivity contribution is 0.0714. The predicted octanol–water partition coefficient (Wildman–Crippen LogP) is 5.44. The summed E-state index contributed by atoms with van der Waals surface area (Å²) in [6.45, 7) is 0.497. The Kier molecular flexibility index (Phi) is 5.86. The molecule has 0 bridgehead atoms. The monoisotopic (exact) mass is 422 g/mol. The molecular formula is C23H19ClN2O4. The van der Waals surface area contributed by atoms with Crippen molar-refractivity contribution in [3.63, 3.8) is 0 Å². The van der Waals surface area contributed by atoms with Crippen molar-refractivity contribution in [2.24, 2.45) is 0 Å².